The number of aryl methyl sites for hydroxylation is 1. The number of hydrogen-bond acceptors (Lipinski definition) is 1. The summed E-state index contributed by atoms with van der Waals surface area (Å²) in [6.45, 7) is 1.87. The van der Waals surface area contributed by atoms with Gasteiger partial charge in [0.05, 0.1) is 0 Å². The van der Waals surface area contributed by atoms with Crippen LogP contribution in [0.4, 0.5) is 8.78 Å². The Morgan fingerprint density at radius 1 is 0.870 bits per heavy atom. The Balaban J connectivity index is 0.00000144. The minimum Gasteiger partial charge on any atom is -1.00 e. The summed E-state index contributed by atoms with van der Waals surface area (Å²) in [7, 11) is 0. The minimum atomic E-state index is -0.604. The van der Waals surface area contributed by atoms with Crippen molar-refractivity contribution in [2.45, 2.75) is 6.92 Å². The molecule has 0 radical (unpaired) electrons. The van der Waals surface area contributed by atoms with Gasteiger partial charge in [0.25, 0.3) is 0 Å². The molecule has 0 aliphatic rings. The summed E-state index contributed by atoms with van der Waals surface area (Å²) < 4.78 is 33.1. The quantitative estimate of drug-likeness (QED) is 0.674. The van der Waals surface area contributed by atoms with Crippen LogP contribution in [0.1, 0.15) is 6.99 Å². The molecule has 0 saturated carbocycles. The molecular formula is C19H15F2NaO. The van der Waals surface area contributed by atoms with E-state index in [2.05, 4.69) is 0 Å². The van der Waals surface area contributed by atoms with Crippen LogP contribution in [0.25, 0.3) is 11.1 Å². The van der Waals surface area contributed by atoms with Crippen molar-refractivity contribution in [3.05, 3.63) is 83.9 Å². The van der Waals surface area contributed by atoms with Crippen LogP contribution in [-0.2, 0) is 0 Å². The van der Waals surface area contributed by atoms with Gasteiger partial charge >= 0.3 is 29.6 Å². The maximum absolute atomic E-state index is 14.1. The van der Waals surface area contributed by atoms with E-state index in [-0.39, 0.29) is 31.0 Å². The van der Waals surface area contributed by atoms with Crippen molar-refractivity contribution in [2.24, 2.45) is 0 Å². The molecule has 0 heterocycles. The average Bonchev–Trinajstić information content (AvgIpc) is 2.50. The standard InChI is InChI=1S/C19H14F2O.Na.H/c1-13-6-5-9-18(22-15-7-3-2-4-8-15)19(13)16-11-10-14(20)12-17(16)21;;/h2-12H,1H3;;/q;+1;-1. The predicted molar refractivity (Wildman–Crippen MR) is 84.2 cm³/mol. The molecule has 0 N–H and O–H groups in total. The first-order valence-corrected chi connectivity index (χ1v) is 6.93. The van der Waals surface area contributed by atoms with E-state index >= 15 is 0 Å². The fourth-order valence-corrected chi connectivity index (χ4v) is 2.38. The summed E-state index contributed by atoms with van der Waals surface area (Å²) in [5.74, 6) is 0.00107. The fraction of sp³-hybridized carbons (Fsp3) is 0.0526. The number of hydrogen-bond donors (Lipinski definition) is 0. The molecule has 1 nitrogen and oxygen atoms in total. The molecule has 0 aliphatic heterocycles. The van der Waals surface area contributed by atoms with Crippen molar-refractivity contribution in [3.63, 3.8) is 0 Å². The van der Waals surface area contributed by atoms with Crippen LogP contribution in [-0.4, -0.2) is 0 Å². The normalized spacial score (nSPS) is 10.0. The number of halogens is 2. The first-order chi connectivity index (χ1) is 10.6. The second-order valence-electron chi connectivity index (χ2n) is 4.99. The first kappa shape index (κ1) is 17.7. The predicted octanol–water partition coefficient (Wildman–Crippen LogP) is 2.85. The van der Waals surface area contributed by atoms with Gasteiger partial charge in [-0.25, -0.2) is 8.78 Å². The summed E-state index contributed by atoms with van der Waals surface area (Å²) in [5, 5.41) is 0. The van der Waals surface area contributed by atoms with Crippen LogP contribution in [0, 0.1) is 18.6 Å². The van der Waals surface area contributed by atoms with Crippen LogP contribution in [0.15, 0.2) is 66.7 Å². The molecule has 0 amide bonds. The Morgan fingerprint density at radius 3 is 2.30 bits per heavy atom. The van der Waals surface area contributed by atoms with Crippen LogP contribution < -0.4 is 34.3 Å². The molecule has 23 heavy (non-hydrogen) atoms. The van der Waals surface area contributed by atoms with Crippen molar-refractivity contribution >= 4 is 0 Å². The largest absolute Gasteiger partial charge is 1.00 e. The Bertz CT molecular complexity index is 810. The van der Waals surface area contributed by atoms with Crippen molar-refractivity contribution in [3.8, 4) is 22.6 Å². The van der Waals surface area contributed by atoms with E-state index in [0.717, 1.165) is 11.6 Å². The fourth-order valence-electron chi connectivity index (χ4n) is 2.38. The maximum Gasteiger partial charge on any atom is 1.00 e. The molecule has 4 heteroatoms. The van der Waals surface area contributed by atoms with Gasteiger partial charge in [-0.2, -0.15) is 0 Å². The van der Waals surface area contributed by atoms with Crippen molar-refractivity contribution in [2.75, 3.05) is 0 Å². The van der Waals surface area contributed by atoms with Gasteiger partial charge in [-0.15, -0.1) is 0 Å². The molecule has 3 rings (SSSR count). The van der Waals surface area contributed by atoms with Crippen LogP contribution in [0.5, 0.6) is 11.5 Å². The van der Waals surface area contributed by atoms with E-state index in [4.69, 9.17) is 4.74 Å². The number of para-hydroxylation sites is 1. The van der Waals surface area contributed by atoms with Gasteiger partial charge in [-0.05, 0) is 42.8 Å². The van der Waals surface area contributed by atoms with Gasteiger partial charge < -0.3 is 6.16 Å². The summed E-state index contributed by atoms with van der Waals surface area (Å²) in [5.41, 5.74) is 1.81. The summed E-state index contributed by atoms with van der Waals surface area (Å²) in [6, 6.07) is 18.3. The van der Waals surface area contributed by atoms with Gasteiger partial charge in [0.1, 0.15) is 23.1 Å². The van der Waals surface area contributed by atoms with E-state index < -0.39 is 11.6 Å². The summed E-state index contributed by atoms with van der Waals surface area (Å²) >= 11 is 0. The van der Waals surface area contributed by atoms with Crippen molar-refractivity contribution in [1.82, 2.24) is 0 Å². The van der Waals surface area contributed by atoms with Crippen LogP contribution in [0.2, 0.25) is 0 Å². The SMILES string of the molecule is Cc1cccc(Oc2ccccc2)c1-c1ccc(F)cc1F.[H-].[Na+]. The zero-order valence-corrected chi connectivity index (χ0v) is 15.0. The number of ether oxygens (including phenoxy) is 1. The molecule has 112 valence electrons. The molecule has 0 fully saturated rings. The van der Waals surface area contributed by atoms with E-state index in [0.29, 0.717) is 22.6 Å². The zero-order valence-electron chi connectivity index (χ0n) is 14.0. The third-order valence-electron chi connectivity index (χ3n) is 3.41. The maximum atomic E-state index is 14.1. The van der Waals surface area contributed by atoms with Crippen molar-refractivity contribution in [1.29, 1.82) is 0 Å². The van der Waals surface area contributed by atoms with E-state index in [1.807, 2.05) is 49.4 Å². The Morgan fingerprint density at radius 2 is 1.61 bits per heavy atom. The molecule has 0 bridgehead atoms. The zero-order chi connectivity index (χ0) is 15.5. The van der Waals surface area contributed by atoms with E-state index in [1.165, 1.54) is 12.1 Å². The molecule has 0 saturated heterocycles. The Labute approximate surface area is 157 Å². The van der Waals surface area contributed by atoms with E-state index in [1.54, 1.807) is 6.07 Å². The molecular weight excluding hydrogens is 305 g/mol. The summed E-state index contributed by atoms with van der Waals surface area (Å²) in [6.07, 6.45) is 0. The van der Waals surface area contributed by atoms with Crippen LogP contribution in [0.3, 0.4) is 0 Å². The van der Waals surface area contributed by atoms with Crippen LogP contribution >= 0.6 is 0 Å². The van der Waals surface area contributed by atoms with Gasteiger partial charge in [-0.1, -0.05) is 30.3 Å². The third kappa shape index (κ3) is 3.99. The molecule has 3 aromatic rings. The first-order valence-electron chi connectivity index (χ1n) is 6.93. The molecule has 0 aliphatic carbocycles. The molecule has 0 unspecified atom stereocenters. The van der Waals surface area contributed by atoms with Gasteiger partial charge in [0.2, 0.25) is 0 Å². The average molecular weight is 320 g/mol. The summed E-state index contributed by atoms with van der Waals surface area (Å²) in [4.78, 5) is 0. The smallest absolute Gasteiger partial charge is 1.00 e. The third-order valence-corrected chi connectivity index (χ3v) is 3.41. The molecule has 0 aromatic heterocycles. The van der Waals surface area contributed by atoms with Gasteiger partial charge in [0.15, 0.2) is 0 Å². The van der Waals surface area contributed by atoms with Gasteiger partial charge in [0, 0.05) is 17.2 Å². The second-order valence-corrected chi connectivity index (χ2v) is 4.99. The Hall–Kier alpha value is -1.68. The van der Waals surface area contributed by atoms with Crippen molar-refractivity contribution < 1.29 is 44.5 Å². The monoisotopic (exact) mass is 320 g/mol. The number of rotatable bonds is 3. The van der Waals surface area contributed by atoms with E-state index in [9.17, 15) is 8.78 Å². The Kier molecular flexibility index (Phi) is 5.94. The second kappa shape index (κ2) is 7.73. The minimum absolute atomic E-state index is 0. The molecule has 0 atom stereocenters. The topological polar surface area (TPSA) is 9.23 Å². The molecule has 0 spiro atoms. The van der Waals surface area contributed by atoms with Gasteiger partial charge in [-0.3, -0.25) is 0 Å². The number of benzene rings is 3. The molecule has 3 aromatic carbocycles.